The molecule has 0 bridgehead atoms. The van der Waals surface area contributed by atoms with Crippen molar-refractivity contribution in [3.63, 3.8) is 0 Å². The minimum Gasteiger partial charge on any atom is -0.456 e. The predicted octanol–water partition coefficient (Wildman–Crippen LogP) is 15.1. The summed E-state index contributed by atoms with van der Waals surface area (Å²) >= 11 is 0. The summed E-state index contributed by atoms with van der Waals surface area (Å²) < 4.78 is 12.5. The molecule has 0 N–H and O–H groups in total. The number of rotatable bonds is 3. The number of para-hydroxylation sites is 2. The van der Waals surface area contributed by atoms with E-state index in [1.54, 1.807) is 0 Å². The molecule has 0 amide bonds. The molecule has 0 aliphatic heterocycles. The van der Waals surface area contributed by atoms with Gasteiger partial charge < -0.3 is 8.83 Å². The van der Waals surface area contributed by atoms with Crippen LogP contribution in [-0.4, -0.2) is 0 Å². The van der Waals surface area contributed by atoms with Gasteiger partial charge in [0.05, 0.1) is 0 Å². The Kier molecular flexibility index (Phi) is 6.15. The molecule has 2 heteroatoms. The second-order valence-electron chi connectivity index (χ2n) is 15.6. The summed E-state index contributed by atoms with van der Waals surface area (Å²) in [6.07, 6.45) is 0. The molecule has 55 heavy (non-hydrogen) atoms. The average molecular weight is 703 g/mol. The molecule has 2 aromatic heterocycles. The fourth-order valence-corrected chi connectivity index (χ4v) is 9.71. The van der Waals surface area contributed by atoms with Crippen LogP contribution in [0.4, 0.5) is 0 Å². The molecule has 12 rings (SSSR count). The number of benzene rings is 9. The lowest BCUT2D eigenvalue weighted by molar-refractivity contribution is 0.660. The second kappa shape index (κ2) is 11.1. The van der Waals surface area contributed by atoms with Crippen LogP contribution in [0.15, 0.2) is 179 Å². The highest BCUT2D eigenvalue weighted by atomic mass is 16.3. The van der Waals surface area contributed by atoms with Crippen LogP contribution in [0.25, 0.3) is 110 Å². The van der Waals surface area contributed by atoms with Crippen LogP contribution in [0.5, 0.6) is 0 Å². The number of hydrogen-bond acceptors (Lipinski definition) is 2. The molecule has 9 aromatic carbocycles. The van der Waals surface area contributed by atoms with Gasteiger partial charge in [0.25, 0.3) is 0 Å². The van der Waals surface area contributed by atoms with Gasteiger partial charge in [0.2, 0.25) is 0 Å². The van der Waals surface area contributed by atoms with Gasteiger partial charge in [-0.3, -0.25) is 0 Å². The van der Waals surface area contributed by atoms with Gasteiger partial charge in [-0.15, -0.1) is 0 Å². The molecular formula is C53H34O2. The zero-order valence-corrected chi connectivity index (χ0v) is 30.5. The molecule has 1 aliphatic rings. The van der Waals surface area contributed by atoms with Gasteiger partial charge in [0, 0.05) is 27.0 Å². The van der Waals surface area contributed by atoms with Gasteiger partial charge in [-0.25, -0.2) is 0 Å². The largest absolute Gasteiger partial charge is 0.456 e. The van der Waals surface area contributed by atoms with Crippen molar-refractivity contribution in [3.8, 4) is 44.5 Å². The Morgan fingerprint density at radius 2 is 0.764 bits per heavy atom. The van der Waals surface area contributed by atoms with Gasteiger partial charge in [0.15, 0.2) is 0 Å². The van der Waals surface area contributed by atoms with Crippen molar-refractivity contribution in [2.24, 2.45) is 0 Å². The SMILES string of the molecule is CC1(C)c2ccccc2-c2c(-c3c4cccc(-c5ccc6oc7ccccc7c6c5)c4cc4c(-c5ccc6oc7ccccc7c6c5)cccc34)cccc21. The second-order valence-corrected chi connectivity index (χ2v) is 15.6. The Morgan fingerprint density at radius 1 is 0.309 bits per heavy atom. The summed E-state index contributed by atoms with van der Waals surface area (Å²) in [6, 6.07) is 62.0. The first-order valence-electron chi connectivity index (χ1n) is 19.1. The van der Waals surface area contributed by atoms with Crippen LogP contribution in [0.1, 0.15) is 25.0 Å². The van der Waals surface area contributed by atoms with E-state index in [9.17, 15) is 0 Å². The molecule has 2 nitrogen and oxygen atoms in total. The minimum absolute atomic E-state index is 0.107. The summed E-state index contributed by atoms with van der Waals surface area (Å²) in [7, 11) is 0. The van der Waals surface area contributed by atoms with E-state index in [1.807, 2.05) is 24.3 Å². The zero-order chi connectivity index (χ0) is 36.4. The fourth-order valence-electron chi connectivity index (χ4n) is 9.71. The summed E-state index contributed by atoms with van der Waals surface area (Å²) in [5, 5.41) is 9.47. The quantitative estimate of drug-likeness (QED) is 0.171. The molecule has 0 atom stereocenters. The van der Waals surface area contributed by atoms with Gasteiger partial charge in [-0.1, -0.05) is 141 Å². The number of hydrogen-bond donors (Lipinski definition) is 0. The molecule has 258 valence electrons. The fraction of sp³-hybridized carbons (Fsp3) is 0.0566. The zero-order valence-electron chi connectivity index (χ0n) is 30.5. The van der Waals surface area contributed by atoms with Gasteiger partial charge in [-0.2, -0.15) is 0 Å². The van der Waals surface area contributed by atoms with Gasteiger partial charge in [0.1, 0.15) is 22.3 Å². The van der Waals surface area contributed by atoms with Crippen LogP contribution in [0, 0.1) is 0 Å². The Hall–Kier alpha value is -6.90. The lowest BCUT2D eigenvalue weighted by atomic mass is 9.81. The first kappa shape index (κ1) is 30.6. The minimum atomic E-state index is -0.107. The van der Waals surface area contributed by atoms with E-state index >= 15 is 0 Å². The molecule has 0 saturated heterocycles. The highest BCUT2D eigenvalue weighted by molar-refractivity contribution is 6.21. The van der Waals surface area contributed by atoms with E-state index in [0.29, 0.717) is 0 Å². The maximum Gasteiger partial charge on any atom is 0.135 e. The van der Waals surface area contributed by atoms with E-state index in [2.05, 4.69) is 159 Å². The molecular weight excluding hydrogens is 669 g/mol. The van der Waals surface area contributed by atoms with E-state index in [1.165, 1.54) is 77.2 Å². The van der Waals surface area contributed by atoms with E-state index in [-0.39, 0.29) is 5.41 Å². The summed E-state index contributed by atoms with van der Waals surface area (Å²) in [5.41, 5.74) is 16.2. The standard InChI is InChI=1S/C53H34O2/c1-53(2)45-20-6-3-14-39(45)52-40(19-11-21-46(52)53)51-37-17-9-15-33(31-24-26-49-43(28-31)35-12-4-7-22-47(35)54-49)41(37)30-42-34(16-10-18-38(42)51)32-25-27-50-44(29-32)36-13-5-8-23-48(36)55-50/h3-30H,1-2H3. The maximum atomic E-state index is 6.26. The Bertz CT molecular complexity index is 3240. The van der Waals surface area contributed by atoms with Crippen molar-refractivity contribution < 1.29 is 8.83 Å². The third-order valence-corrected chi connectivity index (χ3v) is 12.3. The van der Waals surface area contributed by atoms with Crippen LogP contribution in [-0.2, 0) is 5.41 Å². The van der Waals surface area contributed by atoms with E-state index in [0.717, 1.165) is 43.9 Å². The first-order chi connectivity index (χ1) is 27.0. The van der Waals surface area contributed by atoms with Crippen LogP contribution in [0.3, 0.4) is 0 Å². The van der Waals surface area contributed by atoms with Crippen molar-refractivity contribution in [1.29, 1.82) is 0 Å². The van der Waals surface area contributed by atoms with Crippen molar-refractivity contribution in [1.82, 2.24) is 0 Å². The normalized spacial score (nSPS) is 13.4. The molecule has 1 aliphatic carbocycles. The Balaban J connectivity index is 1.20. The summed E-state index contributed by atoms with van der Waals surface area (Å²) in [6.45, 7) is 4.73. The Labute approximate surface area is 317 Å². The highest BCUT2D eigenvalue weighted by Crippen LogP contribution is 2.54. The molecule has 0 fully saturated rings. The molecule has 11 aromatic rings. The average Bonchev–Trinajstić information content (AvgIpc) is 3.86. The van der Waals surface area contributed by atoms with E-state index in [4.69, 9.17) is 8.83 Å². The van der Waals surface area contributed by atoms with Crippen molar-refractivity contribution in [3.05, 3.63) is 181 Å². The summed E-state index contributed by atoms with van der Waals surface area (Å²) in [4.78, 5) is 0. The lowest BCUT2D eigenvalue weighted by Crippen LogP contribution is -2.14. The van der Waals surface area contributed by atoms with Gasteiger partial charge >= 0.3 is 0 Å². The molecule has 0 saturated carbocycles. The third-order valence-electron chi connectivity index (χ3n) is 12.3. The van der Waals surface area contributed by atoms with Crippen molar-refractivity contribution in [2.75, 3.05) is 0 Å². The van der Waals surface area contributed by atoms with Gasteiger partial charge in [-0.05, 0) is 120 Å². The predicted molar refractivity (Wildman–Crippen MR) is 230 cm³/mol. The topological polar surface area (TPSA) is 26.3 Å². The third kappa shape index (κ3) is 4.25. The smallest absolute Gasteiger partial charge is 0.135 e. The Morgan fingerprint density at radius 3 is 1.38 bits per heavy atom. The first-order valence-corrected chi connectivity index (χ1v) is 19.1. The number of fused-ring (bicyclic) bond motifs is 11. The van der Waals surface area contributed by atoms with Crippen LogP contribution in [0.2, 0.25) is 0 Å². The highest BCUT2D eigenvalue weighted by Gasteiger charge is 2.37. The molecule has 0 spiro atoms. The lowest BCUT2D eigenvalue weighted by Gasteiger charge is -2.22. The van der Waals surface area contributed by atoms with E-state index < -0.39 is 0 Å². The summed E-state index contributed by atoms with van der Waals surface area (Å²) in [5.74, 6) is 0. The van der Waals surface area contributed by atoms with Crippen molar-refractivity contribution >= 4 is 65.4 Å². The molecule has 0 radical (unpaired) electrons. The molecule has 0 unspecified atom stereocenters. The number of furan rings is 2. The maximum absolute atomic E-state index is 6.26. The van der Waals surface area contributed by atoms with Crippen molar-refractivity contribution in [2.45, 2.75) is 19.3 Å². The monoisotopic (exact) mass is 702 g/mol. The molecule has 2 heterocycles. The van der Waals surface area contributed by atoms with Crippen LogP contribution < -0.4 is 0 Å². The van der Waals surface area contributed by atoms with Crippen LogP contribution >= 0.6 is 0 Å².